The van der Waals surface area contributed by atoms with E-state index >= 15 is 0 Å². The number of nitrogens with zero attached hydrogens (tertiary/aromatic N) is 3. The molecule has 0 bridgehead atoms. The van der Waals surface area contributed by atoms with Crippen molar-refractivity contribution in [1.29, 1.82) is 0 Å². The summed E-state index contributed by atoms with van der Waals surface area (Å²) in [6.07, 6.45) is 5.90. The predicted octanol–water partition coefficient (Wildman–Crippen LogP) is 4.20. The number of halogens is 1. The highest BCUT2D eigenvalue weighted by atomic mass is 127. The molecule has 1 unspecified atom stereocenters. The van der Waals surface area contributed by atoms with E-state index in [1.165, 1.54) is 15.3 Å². The minimum Gasteiger partial charge on any atom is -0.356 e. The molecule has 5 nitrogen and oxygen atoms in total. The average molecular weight is 509 g/mol. The second kappa shape index (κ2) is 11.2. The first-order valence-corrected chi connectivity index (χ1v) is 10.1. The molecule has 3 rings (SSSR count). The molecular formula is C21H28IN5S. The van der Waals surface area contributed by atoms with E-state index in [4.69, 9.17) is 0 Å². The number of guanidine groups is 1. The van der Waals surface area contributed by atoms with Crippen LogP contribution in [0.4, 0.5) is 0 Å². The number of benzene rings is 1. The molecule has 0 saturated carbocycles. The van der Waals surface area contributed by atoms with Crippen LogP contribution in [0.5, 0.6) is 0 Å². The normalized spacial score (nSPS) is 12.3. The van der Waals surface area contributed by atoms with Gasteiger partial charge >= 0.3 is 0 Å². The summed E-state index contributed by atoms with van der Waals surface area (Å²) in [7, 11) is 1.81. The zero-order chi connectivity index (χ0) is 19.1. The van der Waals surface area contributed by atoms with Crippen LogP contribution < -0.4 is 10.6 Å². The van der Waals surface area contributed by atoms with E-state index in [1.54, 1.807) is 0 Å². The van der Waals surface area contributed by atoms with Gasteiger partial charge in [0.1, 0.15) is 0 Å². The number of thiophene rings is 1. The molecule has 0 aliphatic heterocycles. The maximum atomic E-state index is 4.45. The molecule has 7 heteroatoms. The molecule has 1 aromatic carbocycles. The third-order valence-electron chi connectivity index (χ3n) is 4.27. The molecule has 0 aliphatic carbocycles. The van der Waals surface area contributed by atoms with Crippen LogP contribution in [0.25, 0.3) is 5.69 Å². The Bertz CT molecular complexity index is 872. The van der Waals surface area contributed by atoms with Crippen molar-refractivity contribution in [3.05, 3.63) is 70.2 Å². The highest BCUT2D eigenvalue weighted by Gasteiger charge is 2.08. The van der Waals surface area contributed by atoms with E-state index in [1.807, 2.05) is 47.5 Å². The van der Waals surface area contributed by atoms with E-state index < -0.39 is 0 Å². The van der Waals surface area contributed by atoms with Gasteiger partial charge in [0.15, 0.2) is 5.96 Å². The lowest BCUT2D eigenvalue weighted by Gasteiger charge is -2.17. The van der Waals surface area contributed by atoms with Crippen LogP contribution in [0.15, 0.2) is 59.9 Å². The predicted molar refractivity (Wildman–Crippen MR) is 129 cm³/mol. The van der Waals surface area contributed by atoms with Crippen molar-refractivity contribution in [2.75, 3.05) is 13.6 Å². The Kier molecular flexibility index (Phi) is 8.98. The largest absolute Gasteiger partial charge is 0.356 e. The summed E-state index contributed by atoms with van der Waals surface area (Å²) in [6, 6.07) is 14.9. The van der Waals surface area contributed by atoms with Crippen LogP contribution in [-0.4, -0.2) is 35.4 Å². The fourth-order valence-electron chi connectivity index (χ4n) is 2.91. The van der Waals surface area contributed by atoms with E-state index in [0.29, 0.717) is 6.04 Å². The van der Waals surface area contributed by atoms with Gasteiger partial charge in [-0.05, 0) is 50.1 Å². The van der Waals surface area contributed by atoms with E-state index in [9.17, 15) is 0 Å². The van der Waals surface area contributed by atoms with Crippen LogP contribution in [0.2, 0.25) is 0 Å². The summed E-state index contributed by atoms with van der Waals surface area (Å²) in [5.74, 6) is 0.839. The zero-order valence-corrected chi connectivity index (χ0v) is 19.7. The first-order valence-electron chi connectivity index (χ1n) is 9.25. The molecule has 2 N–H and O–H groups in total. The fraction of sp³-hybridized carbons (Fsp3) is 0.333. The molecule has 0 radical (unpaired) electrons. The highest BCUT2D eigenvalue weighted by molar-refractivity contribution is 14.0. The number of hydrogen-bond donors (Lipinski definition) is 2. The topological polar surface area (TPSA) is 54.2 Å². The maximum Gasteiger partial charge on any atom is 0.191 e. The monoisotopic (exact) mass is 509 g/mol. The standard InChI is InChI=1S/C21H27N5S.HI/c1-16(13-20-10-9-17(2)27-20)25-21(22-3)23-12-11-18-14-24-26(15-18)19-7-5-4-6-8-19;/h4-10,14-16H,11-13H2,1-3H3,(H2,22,23,25);1H. The second-order valence-electron chi connectivity index (χ2n) is 6.64. The van der Waals surface area contributed by atoms with Crippen LogP contribution in [0.3, 0.4) is 0 Å². The van der Waals surface area contributed by atoms with Gasteiger partial charge in [0, 0.05) is 42.0 Å². The van der Waals surface area contributed by atoms with Crippen molar-refractivity contribution in [3.8, 4) is 5.69 Å². The number of rotatable bonds is 7. The Hall–Kier alpha value is -1.87. The van der Waals surface area contributed by atoms with Gasteiger partial charge in [0.2, 0.25) is 0 Å². The fourth-order valence-corrected chi connectivity index (χ4v) is 3.93. The van der Waals surface area contributed by atoms with E-state index in [0.717, 1.165) is 31.0 Å². The molecule has 0 fully saturated rings. The summed E-state index contributed by atoms with van der Waals surface area (Å²) in [6.45, 7) is 5.14. The number of aryl methyl sites for hydroxylation is 1. The van der Waals surface area contributed by atoms with Crippen molar-refractivity contribution >= 4 is 41.3 Å². The molecule has 3 aromatic rings. The average Bonchev–Trinajstić information content (AvgIpc) is 3.30. The molecule has 0 saturated heterocycles. The van der Waals surface area contributed by atoms with Gasteiger partial charge in [-0.2, -0.15) is 5.10 Å². The molecule has 0 amide bonds. The highest BCUT2D eigenvalue weighted by Crippen LogP contribution is 2.16. The van der Waals surface area contributed by atoms with E-state index in [-0.39, 0.29) is 24.0 Å². The lowest BCUT2D eigenvalue weighted by molar-refractivity contribution is 0.644. The van der Waals surface area contributed by atoms with Gasteiger partial charge in [-0.1, -0.05) is 18.2 Å². The Balaban J connectivity index is 0.00000280. The lowest BCUT2D eigenvalue weighted by atomic mass is 10.2. The quantitative estimate of drug-likeness (QED) is 0.285. The second-order valence-corrected chi connectivity index (χ2v) is 8.01. The van der Waals surface area contributed by atoms with Gasteiger partial charge in [-0.15, -0.1) is 35.3 Å². The SMILES string of the molecule is CN=C(NCCc1cnn(-c2ccccc2)c1)NC(C)Cc1ccc(C)s1.I. The van der Waals surface area contributed by atoms with Crippen molar-refractivity contribution in [1.82, 2.24) is 20.4 Å². The zero-order valence-electron chi connectivity index (χ0n) is 16.6. The number of para-hydroxylation sites is 1. The Labute approximate surface area is 188 Å². The van der Waals surface area contributed by atoms with Gasteiger partial charge in [-0.25, -0.2) is 4.68 Å². The number of aliphatic imine (C=N–C) groups is 1. The summed E-state index contributed by atoms with van der Waals surface area (Å²) in [4.78, 5) is 7.09. The summed E-state index contributed by atoms with van der Waals surface area (Å²) in [5, 5.41) is 11.3. The van der Waals surface area contributed by atoms with Crippen molar-refractivity contribution in [2.24, 2.45) is 4.99 Å². The Morgan fingerprint density at radius 1 is 1.21 bits per heavy atom. The Morgan fingerprint density at radius 2 is 2.00 bits per heavy atom. The lowest BCUT2D eigenvalue weighted by Crippen LogP contribution is -2.43. The summed E-state index contributed by atoms with van der Waals surface area (Å²) >= 11 is 1.86. The molecule has 150 valence electrons. The molecular weight excluding hydrogens is 481 g/mol. The molecule has 0 spiro atoms. The molecule has 28 heavy (non-hydrogen) atoms. The van der Waals surface area contributed by atoms with E-state index in [2.05, 4.69) is 65.0 Å². The van der Waals surface area contributed by atoms with Crippen molar-refractivity contribution in [2.45, 2.75) is 32.7 Å². The first kappa shape index (κ1) is 22.4. The van der Waals surface area contributed by atoms with Crippen LogP contribution in [0.1, 0.15) is 22.2 Å². The Morgan fingerprint density at radius 3 is 2.68 bits per heavy atom. The van der Waals surface area contributed by atoms with Crippen molar-refractivity contribution < 1.29 is 0 Å². The number of nitrogens with one attached hydrogen (secondary N) is 2. The molecule has 1 atom stereocenters. The van der Waals surface area contributed by atoms with Crippen molar-refractivity contribution in [3.63, 3.8) is 0 Å². The van der Waals surface area contributed by atoms with Gasteiger partial charge in [0.25, 0.3) is 0 Å². The van der Waals surface area contributed by atoms with Gasteiger partial charge in [0.05, 0.1) is 11.9 Å². The third-order valence-corrected chi connectivity index (χ3v) is 5.30. The number of hydrogen-bond acceptors (Lipinski definition) is 3. The first-order chi connectivity index (χ1) is 13.1. The summed E-state index contributed by atoms with van der Waals surface area (Å²) in [5.41, 5.74) is 2.27. The van der Waals surface area contributed by atoms with Crippen LogP contribution >= 0.6 is 35.3 Å². The molecule has 0 aliphatic rings. The minimum absolute atomic E-state index is 0. The van der Waals surface area contributed by atoms with Gasteiger partial charge in [-0.3, -0.25) is 4.99 Å². The molecule has 2 aromatic heterocycles. The van der Waals surface area contributed by atoms with Crippen LogP contribution in [-0.2, 0) is 12.8 Å². The molecule has 2 heterocycles. The number of aromatic nitrogens is 2. The van der Waals surface area contributed by atoms with Crippen LogP contribution in [0, 0.1) is 6.92 Å². The van der Waals surface area contributed by atoms with Gasteiger partial charge < -0.3 is 10.6 Å². The third kappa shape index (κ3) is 6.63. The maximum absolute atomic E-state index is 4.45. The smallest absolute Gasteiger partial charge is 0.191 e. The summed E-state index contributed by atoms with van der Waals surface area (Å²) < 4.78 is 1.91. The minimum atomic E-state index is 0.